The van der Waals surface area contributed by atoms with Gasteiger partial charge in [-0.2, -0.15) is 0 Å². The number of nitrogens with zero attached hydrogens (tertiary/aromatic N) is 2. The maximum atomic E-state index is 13.3. The van der Waals surface area contributed by atoms with Crippen LogP contribution in [0.1, 0.15) is 49.5 Å². The number of urea groups is 1. The number of hydrogen-bond donors (Lipinski definition) is 1. The van der Waals surface area contributed by atoms with Gasteiger partial charge in [-0.25, -0.2) is 4.79 Å². The van der Waals surface area contributed by atoms with Crippen LogP contribution in [0.5, 0.6) is 0 Å². The first kappa shape index (κ1) is 21.4. The number of amides is 3. The van der Waals surface area contributed by atoms with Crippen LogP contribution in [0, 0.1) is 0 Å². The highest BCUT2D eigenvalue weighted by atomic mass is 32.1. The monoisotopic (exact) mass is 413 g/mol. The Morgan fingerprint density at radius 1 is 1.03 bits per heavy atom. The first-order valence-electron chi connectivity index (χ1n) is 10.6. The number of thiophene rings is 1. The zero-order valence-corrected chi connectivity index (χ0v) is 18.0. The molecule has 0 aliphatic heterocycles. The van der Waals surface area contributed by atoms with E-state index in [4.69, 9.17) is 0 Å². The third-order valence-corrected chi connectivity index (χ3v) is 6.27. The van der Waals surface area contributed by atoms with Crippen molar-refractivity contribution < 1.29 is 9.59 Å². The summed E-state index contributed by atoms with van der Waals surface area (Å²) < 4.78 is 0. The molecule has 5 nitrogen and oxygen atoms in total. The second-order valence-electron chi connectivity index (χ2n) is 7.57. The maximum absolute atomic E-state index is 13.3. The molecule has 2 aromatic rings. The van der Waals surface area contributed by atoms with Gasteiger partial charge in [0.1, 0.15) is 6.54 Å². The topological polar surface area (TPSA) is 52.7 Å². The van der Waals surface area contributed by atoms with E-state index in [9.17, 15) is 9.59 Å². The molecule has 0 spiro atoms. The lowest BCUT2D eigenvalue weighted by molar-refractivity contribution is -0.133. The van der Waals surface area contributed by atoms with Crippen molar-refractivity contribution in [1.29, 1.82) is 0 Å². The van der Waals surface area contributed by atoms with Crippen LogP contribution in [0.3, 0.4) is 0 Å². The van der Waals surface area contributed by atoms with E-state index < -0.39 is 0 Å². The first-order valence-corrected chi connectivity index (χ1v) is 11.4. The minimum atomic E-state index is -0.122. The molecule has 0 radical (unpaired) electrons. The number of carbonyl (C=O) groups is 2. The zero-order chi connectivity index (χ0) is 20.5. The van der Waals surface area contributed by atoms with Crippen molar-refractivity contribution in [3.05, 3.63) is 58.3 Å². The van der Waals surface area contributed by atoms with E-state index in [-0.39, 0.29) is 24.5 Å². The Morgan fingerprint density at radius 2 is 1.79 bits per heavy atom. The maximum Gasteiger partial charge on any atom is 0.318 e. The molecule has 1 aromatic carbocycles. The molecule has 1 aliphatic carbocycles. The van der Waals surface area contributed by atoms with Crippen LogP contribution in [0.2, 0.25) is 0 Å². The highest BCUT2D eigenvalue weighted by Crippen LogP contribution is 2.23. The first-order chi connectivity index (χ1) is 14.2. The molecule has 1 saturated carbocycles. The quantitative estimate of drug-likeness (QED) is 0.685. The molecule has 0 atom stereocenters. The molecular weight excluding hydrogens is 382 g/mol. The fourth-order valence-corrected chi connectivity index (χ4v) is 4.60. The van der Waals surface area contributed by atoms with E-state index in [0.29, 0.717) is 19.6 Å². The van der Waals surface area contributed by atoms with E-state index in [1.54, 1.807) is 16.2 Å². The van der Waals surface area contributed by atoms with Crippen molar-refractivity contribution in [1.82, 2.24) is 15.1 Å². The molecular formula is C23H31N3O2S. The molecule has 29 heavy (non-hydrogen) atoms. The third kappa shape index (κ3) is 6.32. The fraction of sp³-hybridized carbons (Fsp3) is 0.478. The largest absolute Gasteiger partial charge is 0.338 e. The van der Waals surface area contributed by atoms with Gasteiger partial charge in [0.2, 0.25) is 5.91 Å². The van der Waals surface area contributed by atoms with E-state index in [2.05, 4.69) is 11.4 Å². The van der Waals surface area contributed by atoms with Gasteiger partial charge < -0.3 is 15.1 Å². The van der Waals surface area contributed by atoms with Crippen LogP contribution in [0.25, 0.3) is 0 Å². The molecule has 0 bridgehead atoms. The lowest BCUT2D eigenvalue weighted by atomic mass is 9.94. The number of benzene rings is 1. The summed E-state index contributed by atoms with van der Waals surface area (Å²) in [4.78, 5) is 30.9. The van der Waals surface area contributed by atoms with Gasteiger partial charge in [0.25, 0.3) is 0 Å². The van der Waals surface area contributed by atoms with Gasteiger partial charge in [-0.05, 0) is 36.8 Å². The molecule has 156 valence electrons. The summed E-state index contributed by atoms with van der Waals surface area (Å²) in [7, 11) is 0. The van der Waals surface area contributed by atoms with Crippen molar-refractivity contribution in [2.24, 2.45) is 0 Å². The van der Waals surface area contributed by atoms with Crippen molar-refractivity contribution in [3.8, 4) is 0 Å². The van der Waals surface area contributed by atoms with Crippen molar-refractivity contribution in [2.45, 2.75) is 58.2 Å². The molecule has 3 amide bonds. The highest BCUT2D eigenvalue weighted by molar-refractivity contribution is 7.09. The van der Waals surface area contributed by atoms with Gasteiger partial charge in [-0.15, -0.1) is 11.3 Å². The van der Waals surface area contributed by atoms with Crippen molar-refractivity contribution >= 4 is 23.3 Å². The van der Waals surface area contributed by atoms with Crippen LogP contribution in [0.15, 0.2) is 47.8 Å². The van der Waals surface area contributed by atoms with E-state index in [0.717, 1.165) is 36.1 Å². The van der Waals surface area contributed by atoms with E-state index in [1.165, 1.54) is 6.42 Å². The third-order valence-electron chi connectivity index (χ3n) is 5.41. The summed E-state index contributed by atoms with van der Waals surface area (Å²) >= 11 is 1.65. The van der Waals surface area contributed by atoms with Gasteiger partial charge in [-0.3, -0.25) is 4.79 Å². The average molecular weight is 414 g/mol. The van der Waals surface area contributed by atoms with Gasteiger partial charge in [0, 0.05) is 24.0 Å². The van der Waals surface area contributed by atoms with E-state index in [1.807, 2.05) is 53.6 Å². The molecule has 1 aromatic heterocycles. The average Bonchev–Trinajstić information content (AvgIpc) is 3.26. The summed E-state index contributed by atoms with van der Waals surface area (Å²) in [6, 6.07) is 14.1. The molecule has 3 rings (SSSR count). The number of rotatable bonds is 8. The Labute approximate surface area is 177 Å². The van der Waals surface area contributed by atoms with Crippen LogP contribution < -0.4 is 5.32 Å². The lowest BCUT2D eigenvalue weighted by Gasteiger charge is -2.35. The van der Waals surface area contributed by atoms with E-state index >= 15 is 0 Å². The van der Waals surface area contributed by atoms with Gasteiger partial charge in [0.05, 0.1) is 6.54 Å². The smallest absolute Gasteiger partial charge is 0.318 e. The molecule has 1 fully saturated rings. The summed E-state index contributed by atoms with van der Waals surface area (Å²) in [5, 5.41) is 4.93. The Kier molecular flexibility index (Phi) is 8.11. The van der Waals surface area contributed by atoms with Gasteiger partial charge in [0.15, 0.2) is 0 Å². The van der Waals surface area contributed by atoms with Gasteiger partial charge in [-0.1, -0.05) is 55.7 Å². The zero-order valence-electron chi connectivity index (χ0n) is 17.2. The standard InChI is InChI=1S/C23H31N3O2S/c1-2-24-23(28)26(20-12-7-4-8-13-20)18-22(27)25(17-21-14-9-15-29-21)16-19-10-5-3-6-11-19/h3,5-6,9-11,14-15,20H,2,4,7-8,12-13,16-18H2,1H3,(H,24,28). The predicted molar refractivity (Wildman–Crippen MR) is 118 cm³/mol. The second kappa shape index (κ2) is 11.0. The molecule has 0 saturated heterocycles. The minimum absolute atomic E-state index is 0.000852. The Morgan fingerprint density at radius 3 is 2.45 bits per heavy atom. The fourth-order valence-electron chi connectivity index (χ4n) is 3.88. The van der Waals surface area contributed by atoms with Crippen molar-refractivity contribution in [3.63, 3.8) is 0 Å². The SMILES string of the molecule is CCNC(=O)N(CC(=O)N(Cc1ccccc1)Cc1cccs1)C1CCCCC1. The number of nitrogens with one attached hydrogen (secondary N) is 1. The lowest BCUT2D eigenvalue weighted by Crippen LogP contribution is -2.51. The predicted octanol–water partition coefficient (Wildman–Crippen LogP) is 4.64. The Balaban J connectivity index is 1.75. The van der Waals surface area contributed by atoms with Crippen molar-refractivity contribution in [2.75, 3.05) is 13.1 Å². The summed E-state index contributed by atoms with van der Waals surface area (Å²) in [6.07, 6.45) is 5.42. The van der Waals surface area contributed by atoms with Crippen LogP contribution >= 0.6 is 11.3 Å². The van der Waals surface area contributed by atoms with Crippen LogP contribution in [-0.2, 0) is 17.9 Å². The Hall–Kier alpha value is -2.34. The molecule has 1 N–H and O–H groups in total. The van der Waals surface area contributed by atoms with Crippen LogP contribution in [-0.4, -0.2) is 40.9 Å². The normalized spacial score (nSPS) is 14.4. The van der Waals surface area contributed by atoms with Crippen LogP contribution in [0.4, 0.5) is 4.79 Å². The summed E-state index contributed by atoms with van der Waals surface area (Å²) in [5.74, 6) is -0.000852. The summed E-state index contributed by atoms with van der Waals surface area (Å²) in [6.45, 7) is 3.73. The highest BCUT2D eigenvalue weighted by Gasteiger charge is 2.29. The minimum Gasteiger partial charge on any atom is -0.338 e. The number of hydrogen-bond acceptors (Lipinski definition) is 3. The number of carbonyl (C=O) groups excluding carboxylic acids is 2. The van der Waals surface area contributed by atoms with Gasteiger partial charge >= 0.3 is 6.03 Å². The molecule has 1 heterocycles. The molecule has 0 unspecified atom stereocenters. The summed E-state index contributed by atoms with van der Waals surface area (Å²) in [5.41, 5.74) is 1.10. The Bertz CT molecular complexity index is 758. The second-order valence-corrected chi connectivity index (χ2v) is 8.60. The molecule has 6 heteroatoms. The molecule has 1 aliphatic rings.